The van der Waals surface area contributed by atoms with Crippen LogP contribution in [0.4, 0.5) is 0 Å². The standard InChI is InChI=1S/C48H60O6/c1-7-10-12-14-16-18-28-53-44-26-22-36(32-40(44)46(49)51-6)48(42-30-34(4)20-24-38(42)39-25-21-35(5)31-43(39)48)37-23-27-45(41(33-37)47(50)52-9-3)54-29-19-17-15-13-11-8-2/h20-27,30-33H,7-19,28-29H2,1-6H3. The van der Waals surface area contributed by atoms with Gasteiger partial charge in [0.2, 0.25) is 0 Å². The smallest absolute Gasteiger partial charge is 0.341 e. The summed E-state index contributed by atoms with van der Waals surface area (Å²) in [7, 11) is 1.41. The lowest BCUT2D eigenvalue weighted by molar-refractivity contribution is 0.0520. The lowest BCUT2D eigenvalue weighted by atomic mass is 9.66. The number of carbonyl (C=O) groups excluding carboxylic acids is 2. The molecule has 0 atom stereocenters. The molecule has 1 aliphatic carbocycles. The highest BCUT2D eigenvalue weighted by molar-refractivity contribution is 5.95. The Morgan fingerprint density at radius 3 is 1.43 bits per heavy atom. The van der Waals surface area contributed by atoms with Gasteiger partial charge in [-0.05, 0) is 91.3 Å². The lowest BCUT2D eigenvalue weighted by Gasteiger charge is -2.35. The molecule has 0 aromatic heterocycles. The van der Waals surface area contributed by atoms with E-state index in [0.717, 1.165) is 70.2 Å². The highest BCUT2D eigenvalue weighted by atomic mass is 16.5. The van der Waals surface area contributed by atoms with E-state index in [1.807, 2.05) is 31.2 Å². The number of fused-ring (bicyclic) bond motifs is 3. The first-order valence-corrected chi connectivity index (χ1v) is 20.3. The molecule has 0 radical (unpaired) electrons. The van der Waals surface area contributed by atoms with E-state index in [2.05, 4.69) is 76.2 Å². The number of benzene rings is 4. The van der Waals surface area contributed by atoms with Gasteiger partial charge in [-0.2, -0.15) is 0 Å². The Bertz CT molecular complexity index is 1820. The first-order chi connectivity index (χ1) is 26.3. The third-order valence-corrected chi connectivity index (χ3v) is 10.7. The Morgan fingerprint density at radius 1 is 0.537 bits per heavy atom. The number of hydrogen-bond donors (Lipinski definition) is 0. The molecule has 0 fully saturated rings. The number of unbranched alkanes of at least 4 members (excludes halogenated alkanes) is 10. The zero-order chi connectivity index (χ0) is 38.5. The molecule has 0 spiro atoms. The lowest BCUT2D eigenvalue weighted by Crippen LogP contribution is -2.30. The molecule has 0 saturated carbocycles. The summed E-state index contributed by atoms with van der Waals surface area (Å²) in [5.41, 5.74) is 8.24. The summed E-state index contributed by atoms with van der Waals surface area (Å²) < 4.78 is 23.6. The fraction of sp³-hybridized carbons (Fsp3) is 0.458. The topological polar surface area (TPSA) is 71.1 Å². The van der Waals surface area contributed by atoms with Gasteiger partial charge in [0.15, 0.2) is 0 Å². The quantitative estimate of drug-likeness (QED) is 0.0552. The van der Waals surface area contributed by atoms with Crippen molar-refractivity contribution in [1.29, 1.82) is 0 Å². The molecule has 0 amide bonds. The van der Waals surface area contributed by atoms with Gasteiger partial charge in [-0.1, -0.05) is 138 Å². The number of esters is 2. The third-order valence-electron chi connectivity index (χ3n) is 10.7. The number of methoxy groups -OCH3 is 1. The Morgan fingerprint density at radius 2 is 0.981 bits per heavy atom. The molecular weight excluding hydrogens is 673 g/mol. The predicted octanol–water partition coefficient (Wildman–Crippen LogP) is 12.1. The molecule has 0 saturated heterocycles. The SMILES string of the molecule is CCCCCCCCOc1ccc(C2(c3ccc(OCCCCCCCC)c(C(=O)OCC)c3)c3cc(C)ccc3-c3ccc(C)cc32)cc1C(=O)OC. The van der Waals surface area contributed by atoms with Gasteiger partial charge in [0.1, 0.15) is 22.6 Å². The van der Waals surface area contributed by atoms with Crippen molar-refractivity contribution in [1.82, 2.24) is 0 Å². The van der Waals surface area contributed by atoms with Crippen LogP contribution in [0.25, 0.3) is 11.1 Å². The van der Waals surface area contributed by atoms with Crippen LogP contribution in [0.15, 0.2) is 72.8 Å². The maximum absolute atomic E-state index is 13.7. The van der Waals surface area contributed by atoms with Gasteiger partial charge in [0.05, 0.1) is 32.3 Å². The van der Waals surface area contributed by atoms with Gasteiger partial charge in [-0.25, -0.2) is 9.59 Å². The van der Waals surface area contributed by atoms with Crippen molar-refractivity contribution in [3.8, 4) is 22.6 Å². The highest BCUT2D eigenvalue weighted by Gasteiger charge is 2.47. The first kappa shape index (κ1) is 40.6. The van der Waals surface area contributed by atoms with Crippen molar-refractivity contribution < 1.29 is 28.5 Å². The molecule has 5 rings (SSSR count). The van der Waals surface area contributed by atoms with E-state index >= 15 is 0 Å². The molecule has 4 aromatic carbocycles. The monoisotopic (exact) mass is 732 g/mol. The number of ether oxygens (including phenoxy) is 4. The maximum Gasteiger partial charge on any atom is 0.341 e. The Labute approximate surface area is 323 Å². The van der Waals surface area contributed by atoms with E-state index in [4.69, 9.17) is 18.9 Å². The van der Waals surface area contributed by atoms with E-state index in [1.54, 1.807) is 0 Å². The van der Waals surface area contributed by atoms with Crippen LogP contribution in [-0.2, 0) is 14.9 Å². The second-order valence-electron chi connectivity index (χ2n) is 14.7. The summed E-state index contributed by atoms with van der Waals surface area (Å²) in [6.45, 7) is 11.7. The van der Waals surface area contributed by atoms with Crippen LogP contribution in [-0.4, -0.2) is 38.9 Å². The molecule has 6 nitrogen and oxygen atoms in total. The normalized spacial score (nSPS) is 12.6. The second-order valence-corrected chi connectivity index (χ2v) is 14.7. The molecule has 0 unspecified atom stereocenters. The zero-order valence-electron chi connectivity index (χ0n) is 33.5. The summed E-state index contributed by atoms with van der Waals surface area (Å²) in [5, 5.41) is 0. The van der Waals surface area contributed by atoms with Crippen LogP contribution in [0.5, 0.6) is 11.5 Å². The minimum atomic E-state index is -0.887. The largest absolute Gasteiger partial charge is 0.493 e. The zero-order valence-corrected chi connectivity index (χ0v) is 33.5. The number of rotatable bonds is 21. The van der Waals surface area contributed by atoms with Crippen molar-refractivity contribution >= 4 is 11.9 Å². The van der Waals surface area contributed by atoms with Gasteiger partial charge in [-0.15, -0.1) is 0 Å². The highest BCUT2D eigenvalue weighted by Crippen LogP contribution is 2.57. The summed E-state index contributed by atoms with van der Waals surface area (Å²) >= 11 is 0. The van der Waals surface area contributed by atoms with Crippen LogP contribution in [0.2, 0.25) is 0 Å². The molecule has 0 bridgehead atoms. The van der Waals surface area contributed by atoms with Crippen molar-refractivity contribution in [2.45, 2.75) is 117 Å². The molecule has 0 heterocycles. The van der Waals surface area contributed by atoms with Gasteiger partial charge in [0, 0.05) is 0 Å². The van der Waals surface area contributed by atoms with Gasteiger partial charge >= 0.3 is 11.9 Å². The van der Waals surface area contributed by atoms with Crippen molar-refractivity contribution in [3.63, 3.8) is 0 Å². The Kier molecular flexibility index (Phi) is 14.8. The predicted molar refractivity (Wildman–Crippen MR) is 218 cm³/mol. The fourth-order valence-electron chi connectivity index (χ4n) is 7.89. The average molecular weight is 733 g/mol. The Hall–Kier alpha value is -4.58. The van der Waals surface area contributed by atoms with Gasteiger partial charge in [-0.3, -0.25) is 0 Å². The molecular formula is C48H60O6. The summed E-state index contributed by atoms with van der Waals surface area (Å²) in [6, 6.07) is 25.0. The van der Waals surface area contributed by atoms with Crippen LogP contribution >= 0.6 is 0 Å². The molecule has 54 heavy (non-hydrogen) atoms. The second kappa shape index (κ2) is 19.7. The third kappa shape index (κ3) is 9.02. The molecule has 4 aromatic rings. The van der Waals surface area contributed by atoms with Gasteiger partial charge < -0.3 is 18.9 Å². The van der Waals surface area contributed by atoms with E-state index in [0.29, 0.717) is 35.8 Å². The number of carbonyl (C=O) groups is 2. The van der Waals surface area contributed by atoms with Crippen molar-refractivity contribution in [3.05, 3.63) is 117 Å². The van der Waals surface area contributed by atoms with Crippen molar-refractivity contribution in [2.75, 3.05) is 26.9 Å². The number of hydrogen-bond acceptors (Lipinski definition) is 6. The fourth-order valence-corrected chi connectivity index (χ4v) is 7.89. The van der Waals surface area contributed by atoms with E-state index in [9.17, 15) is 9.59 Å². The minimum absolute atomic E-state index is 0.248. The summed E-state index contributed by atoms with van der Waals surface area (Å²) in [4.78, 5) is 27.3. The average Bonchev–Trinajstić information content (AvgIpc) is 3.46. The molecule has 288 valence electrons. The van der Waals surface area contributed by atoms with Crippen LogP contribution in [0.1, 0.15) is 152 Å². The van der Waals surface area contributed by atoms with Crippen LogP contribution in [0.3, 0.4) is 0 Å². The molecule has 0 N–H and O–H groups in total. The molecule has 0 aliphatic heterocycles. The maximum atomic E-state index is 13.7. The minimum Gasteiger partial charge on any atom is -0.493 e. The van der Waals surface area contributed by atoms with E-state index in [1.165, 1.54) is 58.5 Å². The Balaban J connectivity index is 1.65. The summed E-state index contributed by atoms with van der Waals surface area (Å²) in [6.07, 6.45) is 13.7. The number of aryl methyl sites for hydroxylation is 2. The van der Waals surface area contributed by atoms with E-state index < -0.39 is 17.4 Å². The summed E-state index contributed by atoms with van der Waals surface area (Å²) in [5.74, 6) is 0.143. The van der Waals surface area contributed by atoms with Crippen LogP contribution < -0.4 is 9.47 Å². The van der Waals surface area contributed by atoms with Crippen LogP contribution in [0, 0.1) is 13.8 Å². The first-order valence-electron chi connectivity index (χ1n) is 20.3. The molecule has 1 aliphatic rings. The van der Waals surface area contributed by atoms with Gasteiger partial charge in [0.25, 0.3) is 0 Å². The van der Waals surface area contributed by atoms with Crippen molar-refractivity contribution in [2.24, 2.45) is 0 Å². The molecule has 6 heteroatoms. The van der Waals surface area contributed by atoms with E-state index in [-0.39, 0.29) is 6.61 Å².